The SMILES string of the molecule is CC(=O)N1NC(c2ccccc2)=C[C@@H]1c1cccs1. The van der Waals surface area contributed by atoms with Crippen molar-refractivity contribution in [2.45, 2.75) is 13.0 Å². The Morgan fingerprint density at radius 3 is 2.63 bits per heavy atom. The fourth-order valence-electron chi connectivity index (χ4n) is 2.19. The number of hydrogen-bond acceptors (Lipinski definition) is 3. The largest absolute Gasteiger partial charge is 0.295 e. The van der Waals surface area contributed by atoms with Crippen LogP contribution in [0.25, 0.3) is 5.70 Å². The van der Waals surface area contributed by atoms with Gasteiger partial charge in [0.05, 0.1) is 5.70 Å². The molecule has 96 valence electrons. The number of hydrogen-bond donors (Lipinski definition) is 1. The molecular weight excluding hydrogens is 256 g/mol. The fraction of sp³-hybridized carbons (Fsp3) is 0.133. The molecule has 1 N–H and O–H groups in total. The van der Waals surface area contributed by atoms with Crippen molar-refractivity contribution in [2.75, 3.05) is 0 Å². The van der Waals surface area contributed by atoms with E-state index >= 15 is 0 Å². The molecular formula is C15H14N2OS. The number of nitrogens with one attached hydrogen (secondary N) is 1. The molecule has 0 saturated carbocycles. The topological polar surface area (TPSA) is 32.3 Å². The lowest BCUT2D eigenvalue weighted by atomic mass is 10.1. The second kappa shape index (κ2) is 4.90. The summed E-state index contributed by atoms with van der Waals surface area (Å²) in [6.07, 6.45) is 2.10. The molecule has 0 aliphatic carbocycles. The predicted octanol–water partition coefficient (Wildman–Crippen LogP) is 3.20. The number of carbonyl (C=O) groups excluding carboxylic acids is 1. The first-order valence-corrected chi connectivity index (χ1v) is 7.01. The summed E-state index contributed by atoms with van der Waals surface area (Å²) in [7, 11) is 0. The summed E-state index contributed by atoms with van der Waals surface area (Å²) in [4.78, 5) is 12.9. The third-order valence-electron chi connectivity index (χ3n) is 3.10. The third-order valence-corrected chi connectivity index (χ3v) is 4.05. The molecule has 0 spiro atoms. The van der Waals surface area contributed by atoms with Gasteiger partial charge in [-0.1, -0.05) is 36.4 Å². The first-order valence-electron chi connectivity index (χ1n) is 6.13. The second-order valence-electron chi connectivity index (χ2n) is 4.41. The Morgan fingerprint density at radius 2 is 2.00 bits per heavy atom. The maximum absolute atomic E-state index is 11.8. The summed E-state index contributed by atoms with van der Waals surface area (Å²) in [6, 6.07) is 14.1. The van der Waals surface area contributed by atoms with Crippen LogP contribution in [0.2, 0.25) is 0 Å². The summed E-state index contributed by atoms with van der Waals surface area (Å²) in [5, 5.41) is 3.70. The van der Waals surface area contributed by atoms with E-state index in [2.05, 4.69) is 17.6 Å². The summed E-state index contributed by atoms with van der Waals surface area (Å²) in [6.45, 7) is 1.58. The number of thiophene rings is 1. The van der Waals surface area contributed by atoms with E-state index in [0.29, 0.717) is 0 Å². The number of carbonyl (C=O) groups is 1. The third kappa shape index (κ3) is 2.27. The van der Waals surface area contributed by atoms with Crippen molar-refractivity contribution >= 4 is 22.9 Å². The van der Waals surface area contributed by atoms with Gasteiger partial charge in [0.25, 0.3) is 0 Å². The van der Waals surface area contributed by atoms with Gasteiger partial charge in [-0.2, -0.15) is 0 Å². The fourth-order valence-corrected chi connectivity index (χ4v) is 2.98. The van der Waals surface area contributed by atoms with Crippen molar-refractivity contribution in [3.63, 3.8) is 0 Å². The van der Waals surface area contributed by atoms with Gasteiger partial charge in [-0.3, -0.25) is 10.2 Å². The van der Waals surface area contributed by atoms with E-state index in [1.807, 2.05) is 41.8 Å². The van der Waals surface area contributed by atoms with Gasteiger partial charge < -0.3 is 0 Å². The van der Waals surface area contributed by atoms with Gasteiger partial charge in [0.1, 0.15) is 6.04 Å². The lowest BCUT2D eigenvalue weighted by Gasteiger charge is -2.22. The number of rotatable bonds is 2. The average Bonchev–Trinajstić information content (AvgIpc) is 3.08. The van der Waals surface area contributed by atoms with Crippen LogP contribution in [-0.2, 0) is 4.79 Å². The molecule has 19 heavy (non-hydrogen) atoms. The smallest absolute Gasteiger partial charge is 0.238 e. The molecule has 4 heteroatoms. The van der Waals surface area contributed by atoms with Gasteiger partial charge >= 0.3 is 0 Å². The number of benzene rings is 1. The number of hydrazine groups is 1. The molecule has 0 fully saturated rings. The molecule has 3 rings (SSSR count). The zero-order valence-corrected chi connectivity index (χ0v) is 11.4. The predicted molar refractivity (Wildman–Crippen MR) is 77.1 cm³/mol. The standard InChI is InChI=1S/C15H14N2OS/c1-11(18)17-14(15-8-5-9-19-15)10-13(16-17)12-6-3-2-4-7-12/h2-10,14,16H,1H3/t14-/m1/s1. The van der Waals surface area contributed by atoms with Gasteiger partial charge in [-0.15, -0.1) is 11.3 Å². The highest BCUT2D eigenvalue weighted by molar-refractivity contribution is 7.10. The summed E-state index contributed by atoms with van der Waals surface area (Å²) < 4.78 is 0. The molecule has 2 aromatic rings. The van der Waals surface area contributed by atoms with E-state index in [9.17, 15) is 4.79 Å². The minimum absolute atomic E-state index is 0.0144. The van der Waals surface area contributed by atoms with Gasteiger partial charge in [-0.05, 0) is 23.1 Å². The zero-order chi connectivity index (χ0) is 13.2. The minimum atomic E-state index is -0.0206. The Morgan fingerprint density at radius 1 is 1.21 bits per heavy atom. The van der Waals surface area contributed by atoms with Crippen LogP contribution in [0.4, 0.5) is 0 Å². The van der Waals surface area contributed by atoms with Gasteiger partial charge in [-0.25, -0.2) is 5.01 Å². The highest BCUT2D eigenvalue weighted by atomic mass is 32.1. The van der Waals surface area contributed by atoms with Crippen LogP contribution in [0.15, 0.2) is 53.9 Å². The highest BCUT2D eigenvalue weighted by Crippen LogP contribution is 2.33. The Hall–Kier alpha value is -2.07. The Labute approximate surface area is 116 Å². The van der Waals surface area contributed by atoms with E-state index < -0.39 is 0 Å². The Kier molecular flexibility index (Phi) is 3.09. The van der Waals surface area contributed by atoms with Crippen molar-refractivity contribution in [1.82, 2.24) is 10.4 Å². The van der Waals surface area contributed by atoms with E-state index in [-0.39, 0.29) is 11.9 Å². The Balaban J connectivity index is 1.96. The normalized spacial score (nSPS) is 18.1. The minimum Gasteiger partial charge on any atom is -0.295 e. The van der Waals surface area contributed by atoms with Crippen LogP contribution < -0.4 is 5.43 Å². The first kappa shape index (κ1) is 12.0. The molecule has 1 aliphatic heterocycles. The van der Waals surface area contributed by atoms with E-state index in [4.69, 9.17) is 0 Å². The van der Waals surface area contributed by atoms with Crippen molar-refractivity contribution in [2.24, 2.45) is 0 Å². The maximum Gasteiger partial charge on any atom is 0.238 e. The van der Waals surface area contributed by atoms with E-state index in [1.165, 1.54) is 0 Å². The number of nitrogens with zero attached hydrogens (tertiary/aromatic N) is 1. The molecule has 0 bridgehead atoms. The molecule has 0 radical (unpaired) electrons. The zero-order valence-electron chi connectivity index (χ0n) is 10.5. The molecule has 0 saturated heterocycles. The van der Waals surface area contributed by atoms with E-state index in [1.54, 1.807) is 23.3 Å². The monoisotopic (exact) mass is 270 g/mol. The van der Waals surface area contributed by atoms with E-state index in [0.717, 1.165) is 16.1 Å². The molecule has 1 aliphatic rings. The number of amides is 1. The average molecular weight is 270 g/mol. The molecule has 1 amide bonds. The van der Waals surface area contributed by atoms with Gasteiger partial charge in [0.2, 0.25) is 5.91 Å². The molecule has 3 nitrogen and oxygen atoms in total. The molecule has 0 unspecified atom stereocenters. The van der Waals surface area contributed by atoms with Crippen molar-refractivity contribution < 1.29 is 4.79 Å². The summed E-state index contributed by atoms with van der Waals surface area (Å²) in [5.41, 5.74) is 5.27. The quantitative estimate of drug-likeness (QED) is 0.909. The summed E-state index contributed by atoms with van der Waals surface area (Å²) >= 11 is 1.66. The maximum atomic E-state index is 11.8. The highest BCUT2D eigenvalue weighted by Gasteiger charge is 2.29. The second-order valence-corrected chi connectivity index (χ2v) is 5.39. The molecule has 1 aromatic heterocycles. The lowest BCUT2D eigenvalue weighted by Crippen LogP contribution is -2.37. The van der Waals surface area contributed by atoms with Crippen LogP contribution in [0.5, 0.6) is 0 Å². The van der Waals surface area contributed by atoms with Crippen molar-refractivity contribution in [3.8, 4) is 0 Å². The van der Waals surface area contributed by atoms with Crippen LogP contribution in [-0.4, -0.2) is 10.9 Å². The van der Waals surface area contributed by atoms with Crippen LogP contribution in [0.1, 0.15) is 23.4 Å². The summed E-state index contributed by atoms with van der Waals surface area (Å²) in [5.74, 6) is 0.0144. The van der Waals surface area contributed by atoms with Crippen LogP contribution >= 0.6 is 11.3 Å². The van der Waals surface area contributed by atoms with Crippen molar-refractivity contribution in [1.29, 1.82) is 0 Å². The van der Waals surface area contributed by atoms with Gasteiger partial charge in [0, 0.05) is 11.8 Å². The van der Waals surface area contributed by atoms with Crippen molar-refractivity contribution in [3.05, 3.63) is 64.4 Å². The van der Waals surface area contributed by atoms with Crippen LogP contribution in [0, 0.1) is 0 Å². The molecule has 1 aromatic carbocycles. The first-order chi connectivity index (χ1) is 9.25. The lowest BCUT2D eigenvalue weighted by molar-refractivity contribution is -0.131. The van der Waals surface area contributed by atoms with Gasteiger partial charge in [0.15, 0.2) is 0 Å². The molecule has 2 heterocycles. The molecule has 1 atom stereocenters. The Bertz CT molecular complexity index is 604. The van der Waals surface area contributed by atoms with Crippen LogP contribution in [0.3, 0.4) is 0 Å².